The van der Waals surface area contributed by atoms with Crippen LogP contribution in [0, 0.1) is 0 Å². The van der Waals surface area contributed by atoms with Gasteiger partial charge in [-0.25, -0.2) is 0 Å². The van der Waals surface area contributed by atoms with Crippen molar-refractivity contribution in [3.63, 3.8) is 0 Å². The van der Waals surface area contributed by atoms with Gasteiger partial charge >= 0.3 is 0 Å². The molecule has 17 heavy (non-hydrogen) atoms. The van der Waals surface area contributed by atoms with E-state index >= 15 is 0 Å². The van der Waals surface area contributed by atoms with E-state index < -0.39 is 0 Å². The molecule has 1 aliphatic rings. The first-order valence-electron chi connectivity index (χ1n) is 6.63. The fourth-order valence-corrected chi connectivity index (χ4v) is 2.46. The van der Waals surface area contributed by atoms with Crippen LogP contribution in [0.1, 0.15) is 39.7 Å². The molecule has 0 saturated heterocycles. The van der Waals surface area contributed by atoms with Gasteiger partial charge in [0.25, 0.3) is 0 Å². The van der Waals surface area contributed by atoms with E-state index in [9.17, 15) is 0 Å². The van der Waals surface area contributed by atoms with Crippen molar-refractivity contribution < 1.29 is 0 Å². The number of nitrogens with one attached hydrogen (secondary N) is 1. The minimum Gasteiger partial charge on any atom is -0.367 e. The summed E-state index contributed by atoms with van der Waals surface area (Å²) >= 11 is 0. The van der Waals surface area contributed by atoms with E-state index in [2.05, 4.69) is 62.2 Å². The molecule has 0 bridgehead atoms. The molecule has 0 radical (unpaired) electrons. The molecule has 0 saturated carbocycles. The van der Waals surface area contributed by atoms with Gasteiger partial charge in [0.05, 0.1) is 0 Å². The number of benzene rings is 1. The second-order valence-electron chi connectivity index (χ2n) is 5.75. The molecule has 1 atom stereocenters. The maximum Gasteiger partial charge on any atom is 0.0414 e. The molecule has 0 aromatic heterocycles. The molecule has 0 amide bonds. The molecule has 2 rings (SSSR count). The van der Waals surface area contributed by atoms with Crippen molar-refractivity contribution in [2.24, 2.45) is 0 Å². The summed E-state index contributed by atoms with van der Waals surface area (Å²) in [5.41, 5.74) is 2.99. The number of nitrogens with zero attached hydrogens (tertiary/aromatic N) is 1. The fourth-order valence-electron chi connectivity index (χ4n) is 2.46. The first kappa shape index (κ1) is 12.4. The molecule has 1 aliphatic heterocycles. The van der Waals surface area contributed by atoms with E-state index in [4.69, 9.17) is 0 Å². The summed E-state index contributed by atoms with van der Waals surface area (Å²) < 4.78 is 0. The maximum atomic E-state index is 3.64. The van der Waals surface area contributed by atoms with Crippen molar-refractivity contribution in [1.82, 2.24) is 5.32 Å². The van der Waals surface area contributed by atoms with E-state index in [-0.39, 0.29) is 5.54 Å². The highest BCUT2D eigenvalue weighted by atomic mass is 15.2. The average molecular weight is 232 g/mol. The molecule has 1 aromatic carbocycles. The van der Waals surface area contributed by atoms with Crippen LogP contribution in [0.5, 0.6) is 0 Å². The Labute approximate surface area is 105 Å². The zero-order chi connectivity index (χ0) is 12.5. The summed E-state index contributed by atoms with van der Waals surface area (Å²) in [4.78, 5) is 2.55. The summed E-state index contributed by atoms with van der Waals surface area (Å²) in [6, 6.07) is 9.36. The van der Waals surface area contributed by atoms with Gasteiger partial charge in [-0.05, 0) is 38.8 Å². The number of anilines is 1. The van der Waals surface area contributed by atoms with Gasteiger partial charge < -0.3 is 10.2 Å². The largest absolute Gasteiger partial charge is 0.367 e. The standard InChI is InChI=1S/C15H24N2/c1-5-12(2)17-11-15(3,4)16-10-13-8-6-7-9-14(13)17/h6-9,12,16H,5,10-11H2,1-4H3. The molecular weight excluding hydrogens is 208 g/mol. The first-order valence-corrected chi connectivity index (χ1v) is 6.63. The molecule has 2 heteroatoms. The van der Waals surface area contributed by atoms with Gasteiger partial charge in [0, 0.05) is 30.4 Å². The number of rotatable bonds is 2. The third-order valence-electron chi connectivity index (χ3n) is 3.75. The van der Waals surface area contributed by atoms with Crippen LogP contribution in [0.25, 0.3) is 0 Å². The third-order valence-corrected chi connectivity index (χ3v) is 3.75. The predicted octanol–water partition coefficient (Wildman–Crippen LogP) is 3.17. The smallest absolute Gasteiger partial charge is 0.0414 e. The monoisotopic (exact) mass is 232 g/mol. The van der Waals surface area contributed by atoms with Gasteiger partial charge in [-0.2, -0.15) is 0 Å². The van der Waals surface area contributed by atoms with E-state index in [0.29, 0.717) is 6.04 Å². The number of hydrogen-bond donors (Lipinski definition) is 1. The van der Waals surface area contributed by atoms with E-state index in [1.54, 1.807) is 0 Å². The van der Waals surface area contributed by atoms with Crippen molar-refractivity contribution in [3.05, 3.63) is 29.8 Å². The fraction of sp³-hybridized carbons (Fsp3) is 0.600. The Morgan fingerprint density at radius 3 is 2.76 bits per heavy atom. The van der Waals surface area contributed by atoms with Crippen LogP contribution >= 0.6 is 0 Å². The van der Waals surface area contributed by atoms with Crippen LogP contribution in [0.15, 0.2) is 24.3 Å². The van der Waals surface area contributed by atoms with Crippen LogP contribution in [0.2, 0.25) is 0 Å². The maximum absolute atomic E-state index is 3.64. The summed E-state index contributed by atoms with van der Waals surface area (Å²) in [6.45, 7) is 11.2. The number of hydrogen-bond acceptors (Lipinski definition) is 2. The highest BCUT2D eigenvalue weighted by Gasteiger charge is 2.28. The quantitative estimate of drug-likeness (QED) is 0.842. The lowest BCUT2D eigenvalue weighted by atomic mass is 10.0. The van der Waals surface area contributed by atoms with Gasteiger partial charge in [-0.15, -0.1) is 0 Å². The predicted molar refractivity (Wildman–Crippen MR) is 74.5 cm³/mol. The summed E-state index contributed by atoms with van der Waals surface area (Å²) in [7, 11) is 0. The van der Waals surface area contributed by atoms with Crippen LogP contribution < -0.4 is 10.2 Å². The second kappa shape index (κ2) is 4.69. The van der Waals surface area contributed by atoms with E-state index in [1.807, 2.05) is 0 Å². The average Bonchev–Trinajstić information content (AvgIpc) is 2.46. The van der Waals surface area contributed by atoms with Gasteiger partial charge in [0.2, 0.25) is 0 Å². The minimum absolute atomic E-state index is 0.169. The SMILES string of the molecule is CCC(C)N1CC(C)(C)NCc2ccccc21. The molecule has 0 aliphatic carbocycles. The van der Waals surface area contributed by atoms with Crippen LogP contribution in [0.3, 0.4) is 0 Å². The van der Waals surface area contributed by atoms with E-state index in [1.165, 1.54) is 17.7 Å². The van der Waals surface area contributed by atoms with Crippen LogP contribution in [-0.2, 0) is 6.54 Å². The van der Waals surface area contributed by atoms with Crippen molar-refractivity contribution >= 4 is 5.69 Å². The number of para-hydroxylation sites is 1. The zero-order valence-electron chi connectivity index (χ0n) is 11.5. The Morgan fingerprint density at radius 1 is 1.35 bits per heavy atom. The number of fused-ring (bicyclic) bond motifs is 1. The lowest BCUT2D eigenvalue weighted by Gasteiger charge is -2.36. The molecular formula is C15H24N2. The van der Waals surface area contributed by atoms with Crippen molar-refractivity contribution in [3.8, 4) is 0 Å². The van der Waals surface area contributed by atoms with Crippen LogP contribution in [-0.4, -0.2) is 18.1 Å². The lowest BCUT2D eigenvalue weighted by molar-refractivity contribution is 0.384. The molecule has 94 valence electrons. The first-order chi connectivity index (χ1) is 8.03. The highest BCUT2D eigenvalue weighted by molar-refractivity contribution is 5.55. The highest BCUT2D eigenvalue weighted by Crippen LogP contribution is 2.28. The van der Waals surface area contributed by atoms with Gasteiger partial charge in [-0.3, -0.25) is 0 Å². The van der Waals surface area contributed by atoms with Gasteiger partial charge in [-0.1, -0.05) is 25.1 Å². The normalized spacial score (nSPS) is 20.6. The van der Waals surface area contributed by atoms with Crippen LogP contribution in [0.4, 0.5) is 5.69 Å². The van der Waals surface area contributed by atoms with Crippen molar-refractivity contribution in [1.29, 1.82) is 0 Å². The Morgan fingerprint density at radius 2 is 2.06 bits per heavy atom. The van der Waals surface area contributed by atoms with E-state index in [0.717, 1.165) is 13.1 Å². The summed E-state index contributed by atoms with van der Waals surface area (Å²) in [5.74, 6) is 0. The topological polar surface area (TPSA) is 15.3 Å². The molecule has 0 fully saturated rings. The Bertz CT molecular complexity index is 384. The molecule has 1 unspecified atom stereocenters. The van der Waals surface area contributed by atoms with Gasteiger partial charge in [0.15, 0.2) is 0 Å². The summed E-state index contributed by atoms with van der Waals surface area (Å²) in [6.07, 6.45) is 1.18. The van der Waals surface area contributed by atoms with Gasteiger partial charge in [0.1, 0.15) is 0 Å². The minimum atomic E-state index is 0.169. The van der Waals surface area contributed by atoms with Crippen molar-refractivity contribution in [2.45, 2.75) is 52.2 Å². The molecule has 2 nitrogen and oxygen atoms in total. The molecule has 0 spiro atoms. The third kappa shape index (κ3) is 2.63. The Hall–Kier alpha value is -1.02. The Kier molecular flexibility index (Phi) is 3.43. The zero-order valence-corrected chi connectivity index (χ0v) is 11.5. The molecule has 1 aromatic rings. The molecule has 1 N–H and O–H groups in total. The summed E-state index contributed by atoms with van der Waals surface area (Å²) in [5, 5.41) is 3.64. The Balaban J connectivity index is 2.39. The second-order valence-corrected chi connectivity index (χ2v) is 5.75. The van der Waals surface area contributed by atoms with Crippen molar-refractivity contribution in [2.75, 3.05) is 11.4 Å². The lowest BCUT2D eigenvalue weighted by Crippen LogP contribution is -2.49. The molecule has 1 heterocycles.